The predicted octanol–water partition coefficient (Wildman–Crippen LogP) is 4.63. The van der Waals surface area contributed by atoms with Crippen LogP contribution in [-0.2, 0) is 32.6 Å². The highest BCUT2D eigenvalue weighted by molar-refractivity contribution is 7.84. The summed E-state index contributed by atoms with van der Waals surface area (Å²) in [6.45, 7) is 6.73. The van der Waals surface area contributed by atoms with Crippen molar-refractivity contribution in [2.24, 2.45) is 0 Å². The Morgan fingerprint density at radius 1 is 0.795 bits per heavy atom. The van der Waals surface area contributed by atoms with Crippen LogP contribution < -0.4 is 9.47 Å². The summed E-state index contributed by atoms with van der Waals surface area (Å²) in [5.41, 5.74) is 5.05. The lowest BCUT2D eigenvalue weighted by atomic mass is 10.2. The lowest BCUT2D eigenvalue weighted by Crippen LogP contribution is -2.12. The Morgan fingerprint density at radius 2 is 1.38 bits per heavy atom. The molecule has 4 aromatic rings. The summed E-state index contributed by atoms with van der Waals surface area (Å²) < 4.78 is 37.9. The number of para-hydroxylation sites is 2. The van der Waals surface area contributed by atoms with Crippen LogP contribution in [0.5, 0.6) is 11.5 Å². The van der Waals surface area contributed by atoms with Gasteiger partial charge in [-0.25, -0.2) is 4.98 Å². The molecule has 4 rings (SSSR count). The van der Waals surface area contributed by atoms with E-state index in [4.69, 9.17) is 23.9 Å². The highest BCUT2D eigenvalue weighted by Crippen LogP contribution is 2.27. The molecule has 1 atom stereocenters. The maximum Gasteiger partial charge on any atom is 0.200 e. The summed E-state index contributed by atoms with van der Waals surface area (Å²) in [6.07, 6.45) is 5.03. The zero-order valence-electron chi connectivity index (χ0n) is 23.0. The molecule has 3 heterocycles. The standard InChI is InChI=1S/C29H36N4O5S/c1-21-24(30-13-11-27(21)37-17-7-15-35-3)19-33-26-10-6-5-9-23(26)32-29(33)39(34)20-25-22(2)28(12-14-31-25)38-18-8-16-36-4/h5-6,9-14H,7-8,15-20H2,1-4H3. The molecule has 39 heavy (non-hydrogen) atoms. The number of hydrogen-bond acceptors (Lipinski definition) is 8. The molecule has 9 nitrogen and oxygen atoms in total. The van der Waals surface area contributed by atoms with Crippen LogP contribution in [0.2, 0.25) is 0 Å². The van der Waals surface area contributed by atoms with E-state index in [0.717, 1.165) is 57.9 Å². The van der Waals surface area contributed by atoms with Gasteiger partial charge < -0.3 is 23.5 Å². The normalized spacial score (nSPS) is 12.1. The molecule has 10 heteroatoms. The molecule has 0 fully saturated rings. The summed E-state index contributed by atoms with van der Waals surface area (Å²) in [6, 6.07) is 11.5. The van der Waals surface area contributed by atoms with Crippen molar-refractivity contribution in [1.29, 1.82) is 0 Å². The first-order valence-corrected chi connectivity index (χ1v) is 14.3. The first kappa shape index (κ1) is 28.7. The maximum absolute atomic E-state index is 13.8. The van der Waals surface area contributed by atoms with Gasteiger partial charge in [0, 0.05) is 63.8 Å². The van der Waals surface area contributed by atoms with Crippen LogP contribution in [-0.4, -0.2) is 64.4 Å². The molecule has 1 aromatic carbocycles. The fraction of sp³-hybridized carbons (Fsp3) is 0.414. The van der Waals surface area contributed by atoms with E-state index >= 15 is 0 Å². The Morgan fingerprint density at radius 3 is 2.03 bits per heavy atom. The zero-order chi connectivity index (χ0) is 27.6. The van der Waals surface area contributed by atoms with E-state index in [2.05, 4.69) is 9.97 Å². The van der Waals surface area contributed by atoms with Gasteiger partial charge in [0.25, 0.3) is 0 Å². The van der Waals surface area contributed by atoms with Crippen LogP contribution in [0, 0.1) is 13.8 Å². The first-order chi connectivity index (χ1) is 19.0. The molecule has 3 aromatic heterocycles. The van der Waals surface area contributed by atoms with Gasteiger partial charge in [0.1, 0.15) is 11.5 Å². The molecule has 1 unspecified atom stereocenters. The van der Waals surface area contributed by atoms with Crippen molar-refractivity contribution in [3.63, 3.8) is 0 Å². The fourth-order valence-corrected chi connectivity index (χ4v) is 5.50. The molecule has 208 valence electrons. The van der Waals surface area contributed by atoms with Gasteiger partial charge >= 0.3 is 0 Å². The molecule has 0 bridgehead atoms. The molecular formula is C29H36N4O5S. The van der Waals surface area contributed by atoms with E-state index in [1.165, 1.54) is 0 Å². The second-order valence-corrected chi connectivity index (χ2v) is 10.5. The summed E-state index contributed by atoms with van der Waals surface area (Å²) >= 11 is 0. The van der Waals surface area contributed by atoms with E-state index in [1.54, 1.807) is 26.6 Å². The molecule has 0 N–H and O–H groups in total. The molecule has 0 spiro atoms. The quantitative estimate of drug-likeness (QED) is 0.197. The number of ether oxygens (including phenoxy) is 4. The van der Waals surface area contributed by atoms with Gasteiger partial charge in [-0.2, -0.15) is 0 Å². The van der Waals surface area contributed by atoms with Gasteiger partial charge in [-0.05, 0) is 38.1 Å². The third-order valence-corrected chi connectivity index (χ3v) is 7.67. The SMILES string of the molecule is COCCCOc1ccnc(Cn2c(S(=O)Cc3nccc(OCCCOC)c3C)nc3ccccc32)c1C. The Balaban J connectivity index is 1.59. The topological polar surface area (TPSA) is 97.6 Å². The maximum atomic E-state index is 13.8. The molecule has 0 amide bonds. The molecule has 0 saturated carbocycles. The first-order valence-electron chi connectivity index (χ1n) is 13.0. The molecular weight excluding hydrogens is 516 g/mol. The van der Waals surface area contributed by atoms with E-state index in [1.807, 2.05) is 54.8 Å². The molecule has 0 aliphatic heterocycles. The van der Waals surface area contributed by atoms with Crippen molar-refractivity contribution in [1.82, 2.24) is 19.5 Å². The number of rotatable bonds is 15. The van der Waals surface area contributed by atoms with Crippen molar-refractivity contribution < 1.29 is 23.2 Å². The third-order valence-electron chi connectivity index (χ3n) is 6.42. The van der Waals surface area contributed by atoms with Gasteiger partial charge in [0.2, 0.25) is 5.16 Å². The van der Waals surface area contributed by atoms with Crippen LogP contribution in [0.4, 0.5) is 0 Å². The van der Waals surface area contributed by atoms with E-state index in [9.17, 15) is 4.21 Å². The van der Waals surface area contributed by atoms with Crippen molar-refractivity contribution in [3.8, 4) is 11.5 Å². The number of nitrogens with zero attached hydrogens (tertiary/aromatic N) is 4. The van der Waals surface area contributed by atoms with Gasteiger partial charge in [0.05, 0.1) is 58.7 Å². The number of benzene rings is 1. The minimum absolute atomic E-state index is 0.222. The van der Waals surface area contributed by atoms with E-state index < -0.39 is 10.8 Å². The number of imidazole rings is 1. The average molecular weight is 553 g/mol. The number of pyridine rings is 2. The van der Waals surface area contributed by atoms with Gasteiger partial charge in [-0.1, -0.05) is 12.1 Å². The lowest BCUT2D eigenvalue weighted by Gasteiger charge is -2.15. The Kier molecular flexibility index (Phi) is 10.4. The highest BCUT2D eigenvalue weighted by atomic mass is 32.2. The van der Waals surface area contributed by atoms with Crippen LogP contribution in [0.15, 0.2) is 53.9 Å². The lowest BCUT2D eigenvalue weighted by molar-refractivity contribution is 0.171. The number of fused-ring (bicyclic) bond motifs is 1. The third kappa shape index (κ3) is 7.20. The van der Waals surface area contributed by atoms with Crippen molar-refractivity contribution >= 4 is 21.8 Å². The smallest absolute Gasteiger partial charge is 0.200 e. The van der Waals surface area contributed by atoms with Crippen molar-refractivity contribution in [2.45, 2.75) is 44.1 Å². The highest BCUT2D eigenvalue weighted by Gasteiger charge is 2.20. The predicted molar refractivity (Wildman–Crippen MR) is 151 cm³/mol. The fourth-order valence-electron chi connectivity index (χ4n) is 4.22. The molecule has 0 aliphatic carbocycles. The van der Waals surface area contributed by atoms with Crippen LogP contribution >= 0.6 is 0 Å². The minimum atomic E-state index is -1.46. The number of hydrogen-bond donors (Lipinski definition) is 0. The van der Waals surface area contributed by atoms with Crippen LogP contribution in [0.1, 0.15) is 35.4 Å². The molecule has 0 saturated heterocycles. The molecule has 0 radical (unpaired) electrons. The Hall–Kier alpha value is -3.34. The van der Waals surface area contributed by atoms with E-state index in [0.29, 0.717) is 38.1 Å². The van der Waals surface area contributed by atoms with Crippen molar-refractivity contribution in [2.75, 3.05) is 40.6 Å². The van der Waals surface area contributed by atoms with Gasteiger partial charge in [-0.15, -0.1) is 0 Å². The number of aromatic nitrogens is 4. The zero-order valence-corrected chi connectivity index (χ0v) is 23.8. The van der Waals surface area contributed by atoms with Gasteiger partial charge in [-0.3, -0.25) is 14.2 Å². The van der Waals surface area contributed by atoms with Crippen LogP contribution in [0.25, 0.3) is 11.0 Å². The summed E-state index contributed by atoms with van der Waals surface area (Å²) in [4.78, 5) is 13.9. The summed E-state index contributed by atoms with van der Waals surface area (Å²) in [5, 5.41) is 0.483. The van der Waals surface area contributed by atoms with Gasteiger partial charge in [0.15, 0.2) is 0 Å². The largest absolute Gasteiger partial charge is 0.493 e. The van der Waals surface area contributed by atoms with Crippen LogP contribution in [0.3, 0.4) is 0 Å². The second kappa shape index (κ2) is 14.2. The van der Waals surface area contributed by atoms with E-state index in [-0.39, 0.29) is 5.75 Å². The summed E-state index contributed by atoms with van der Waals surface area (Å²) in [7, 11) is 1.89. The second-order valence-electron chi connectivity index (χ2n) is 9.11. The average Bonchev–Trinajstić information content (AvgIpc) is 3.31. The van der Waals surface area contributed by atoms with Crippen molar-refractivity contribution in [3.05, 3.63) is 71.3 Å². The number of methoxy groups -OCH3 is 2. The Bertz CT molecular complexity index is 1410. The monoisotopic (exact) mass is 552 g/mol. The summed E-state index contributed by atoms with van der Waals surface area (Å²) in [5.74, 6) is 1.74. The minimum Gasteiger partial charge on any atom is -0.493 e. The Labute approximate surface area is 232 Å². The molecule has 0 aliphatic rings.